The fourth-order valence-electron chi connectivity index (χ4n) is 3.26. The molecule has 3 rings (SSSR count). The largest absolute Gasteiger partial charge is 0.449 e. The van der Waals surface area contributed by atoms with Crippen molar-refractivity contribution in [3.8, 4) is 0 Å². The number of ether oxygens (including phenoxy) is 1. The number of anilines is 2. The van der Waals surface area contributed by atoms with Gasteiger partial charge in [0.15, 0.2) is 5.82 Å². The number of aliphatic imine (C=N–C) groups is 1. The number of rotatable bonds is 9. The Morgan fingerprint density at radius 1 is 1.11 bits per heavy atom. The minimum atomic E-state index is -4.43. The molecule has 1 heterocycles. The number of carbonyl (C=O) groups excluding carboxylic acids is 1. The highest BCUT2D eigenvalue weighted by Gasteiger charge is 2.30. The Kier molecular flexibility index (Phi) is 8.99. The Balaban J connectivity index is 1.51. The number of carbonyl (C=O) groups is 1. The highest BCUT2D eigenvalue weighted by molar-refractivity contribution is 5.84. The summed E-state index contributed by atoms with van der Waals surface area (Å²) in [7, 11) is 3.78. The molecule has 0 atom stereocenters. The fourth-order valence-corrected chi connectivity index (χ4v) is 3.26. The van der Waals surface area contributed by atoms with Crippen molar-refractivity contribution in [1.82, 2.24) is 9.97 Å². The van der Waals surface area contributed by atoms with Gasteiger partial charge >= 0.3 is 12.3 Å². The van der Waals surface area contributed by atoms with Gasteiger partial charge in [-0.25, -0.2) is 14.8 Å². The van der Waals surface area contributed by atoms with Crippen LogP contribution in [0.5, 0.6) is 0 Å². The molecule has 0 saturated carbocycles. The molecule has 0 spiro atoms. The van der Waals surface area contributed by atoms with Crippen molar-refractivity contribution in [3.05, 3.63) is 82.8 Å². The lowest BCUT2D eigenvalue weighted by Gasteiger charge is -2.14. The summed E-state index contributed by atoms with van der Waals surface area (Å²) in [5.41, 5.74) is 2.38. The van der Waals surface area contributed by atoms with Crippen LogP contribution in [0.4, 0.5) is 29.5 Å². The van der Waals surface area contributed by atoms with Crippen LogP contribution in [0, 0.1) is 6.92 Å². The van der Waals surface area contributed by atoms with E-state index >= 15 is 0 Å². The van der Waals surface area contributed by atoms with Gasteiger partial charge in [-0.3, -0.25) is 10.3 Å². The van der Waals surface area contributed by atoms with Crippen molar-refractivity contribution in [2.75, 3.05) is 30.9 Å². The standard InChI is InChI=1S/C26H28F3N5O2/c1-18-6-4-7-19(14-18)16-30-17-23-31-22(15-24(33-23)34(2)3)8-5-13-36-25(35)32-21-11-9-20(10-12-21)26(27,28)29/h4,6-7,9-12,14-16H,5,8,13,17H2,1-3H3,(H,32,35). The molecule has 0 aliphatic carbocycles. The van der Waals surface area contributed by atoms with Crippen LogP contribution in [0.15, 0.2) is 59.6 Å². The fraction of sp³-hybridized carbons (Fsp3) is 0.308. The second-order valence-corrected chi connectivity index (χ2v) is 8.35. The SMILES string of the molecule is Cc1cccc(C=NCc2nc(CCCOC(=O)Nc3ccc(C(F)(F)F)cc3)cc(N(C)C)n2)c1. The maximum absolute atomic E-state index is 12.6. The summed E-state index contributed by atoms with van der Waals surface area (Å²) >= 11 is 0. The maximum Gasteiger partial charge on any atom is 0.416 e. The molecule has 0 saturated heterocycles. The number of hydrogen-bond donors (Lipinski definition) is 1. The van der Waals surface area contributed by atoms with Crippen LogP contribution in [0.2, 0.25) is 0 Å². The van der Waals surface area contributed by atoms with E-state index < -0.39 is 17.8 Å². The Hall–Kier alpha value is -3.95. The number of halogens is 3. The second-order valence-electron chi connectivity index (χ2n) is 8.35. The minimum absolute atomic E-state index is 0.120. The molecule has 0 aliphatic rings. The number of hydrogen-bond acceptors (Lipinski definition) is 6. The number of alkyl halides is 3. The van der Waals surface area contributed by atoms with Crippen molar-refractivity contribution < 1.29 is 22.7 Å². The van der Waals surface area contributed by atoms with Crippen molar-refractivity contribution in [1.29, 1.82) is 0 Å². The Morgan fingerprint density at radius 3 is 2.53 bits per heavy atom. The molecule has 2 aromatic carbocycles. The predicted octanol–water partition coefficient (Wildman–Crippen LogP) is 5.67. The lowest BCUT2D eigenvalue weighted by Crippen LogP contribution is -2.16. The molecular weight excluding hydrogens is 471 g/mol. The quantitative estimate of drug-likeness (QED) is 0.303. The molecule has 1 amide bonds. The molecule has 190 valence electrons. The summed E-state index contributed by atoms with van der Waals surface area (Å²) < 4.78 is 43.1. The third-order valence-corrected chi connectivity index (χ3v) is 5.05. The first-order valence-electron chi connectivity index (χ1n) is 11.3. The Morgan fingerprint density at radius 2 is 1.86 bits per heavy atom. The van der Waals surface area contributed by atoms with Crippen LogP contribution in [-0.2, 0) is 23.9 Å². The number of aromatic nitrogens is 2. The van der Waals surface area contributed by atoms with Crippen LogP contribution in [-0.4, -0.2) is 43.0 Å². The van der Waals surface area contributed by atoms with Crippen molar-refractivity contribution >= 4 is 23.8 Å². The lowest BCUT2D eigenvalue weighted by molar-refractivity contribution is -0.137. The predicted molar refractivity (Wildman–Crippen MR) is 134 cm³/mol. The van der Waals surface area contributed by atoms with E-state index in [2.05, 4.69) is 20.3 Å². The van der Waals surface area contributed by atoms with Crippen LogP contribution in [0.1, 0.15) is 34.6 Å². The van der Waals surface area contributed by atoms with Crippen LogP contribution in [0.25, 0.3) is 0 Å². The van der Waals surface area contributed by atoms with E-state index in [4.69, 9.17) is 4.74 Å². The van der Waals surface area contributed by atoms with E-state index in [0.29, 0.717) is 25.2 Å². The summed E-state index contributed by atoms with van der Waals surface area (Å²) in [6.07, 6.45) is -2.32. The van der Waals surface area contributed by atoms with Gasteiger partial charge in [-0.15, -0.1) is 0 Å². The molecule has 1 aromatic heterocycles. The van der Waals surface area contributed by atoms with Gasteiger partial charge in [-0.05, 0) is 49.6 Å². The Bertz CT molecular complexity index is 1190. The van der Waals surface area contributed by atoms with Gasteiger partial charge in [0, 0.05) is 37.8 Å². The highest BCUT2D eigenvalue weighted by atomic mass is 19.4. The van der Waals surface area contributed by atoms with E-state index in [0.717, 1.165) is 34.8 Å². The van der Waals surface area contributed by atoms with Crippen molar-refractivity contribution in [2.24, 2.45) is 4.99 Å². The maximum atomic E-state index is 12.6. The number of nitrogens with zero attached hydrogens (tertiary/aromatic N) is 4. The average Bonchev–Trinajstić information content (AvgIpc) is 2.81. The molecule has 0 bridgehead atoms. The first-order chi connectivity index (χ1) is 17.1. The molecule has 7 nitrogen and oxygen atoms in total. The highest BCUT2D eigenvalue weighted by Crippen LogP contribution is 2.29. The van der Waals surface area contributed by atoms with E-state index in [9.17, 15) is 18.0 Å². The zero-order valence-electron chi connectivity index (χ0n) is 20.3. The molecule has 0 unspecified atom stereocenters. The summed E-state index contributed by atoms with van der Waals surface area (Å²) in [5, 5.41) is 2.42. The van der Waals surface area contributed by atoms with Crippen LogP contribution >= 0.6 is 0 Å². The smallest absolute Gasteiger partial charge is 0.416 e. The molecule has 0 radical (unpaired) electrons. The monoisotopic (exact) mass is 499 g/mol. The molecule has 0 aliphatic heterocycles. The topological polar surface area (TPSA) is 79.7 Å². The molecule has 10 heteroatoms. The minimum Gasteiger partial charge on any atom is -0.449 e. The summed E-state index contributed by atoms with van der Waals surface area (Å²) in [4.78, 5) is 27.4. The van der Waals surface area contributed by atoms with Gasteiger partial charge in [-0.2, -0.15) is 13.2 Å². The summed E-state index contributed by atoms with van der Waals surface area (Å²) in [5.74, 6) is 1.34. The molecular formula is C26H28F3N5O2. The van der Waals surface area contributed by atoms with E-state index in [1.807, 2.05) is 56.3 Å². The van der Waals surface area contributed by atoms with E-state index in [-0.39, 0.29) is 12.3 Å². The first-order valence-corrected chi connectivity index (χ1v) is 11.3. The summed E-state index contributed by atoms with van der Waals surface area (Å²) in [6.45, 7) is 2.47. The van der Waals surface area contributed by atoms with Gasteiger partial charge in [0.25, 0.3) is 0 Å². The summed E-state index contributed by atoms with van der Waals surface area (Å²) in [6, 6.07) is 14.0. The lowest BCUT2D eigenvalue weighted by atomic mass is 10.1. The van der Waals surface area contributed by atoms with Crippen molar-refractivity contribution in [3.63, 3.8) is 0 Å². The van der Waals surface area contributed by atoms with E-state index in [1.165, 1.54) is 12.1 Å². The van der Waals surface area contributed by atoms with Crippen LogP contribution < -0.4 is 10.2 Å². The molecule has 36 heavy (non-hydrogen) atoms. The normalized spacial score (nSPS) is 11.5. The van der Waals surface area contributed by atoms with Gasteiger partial charge in [-0.1, -0.05) is 29.8 Å². The number of aryl methyl sites for hydroxylation is 2. The van der Waals surface area contributed by atoms with Gasteiger partial charge in [0.1, 0.15) is 5.82 Å². The first kappa shape index (κ1) is 26.7. The number of benzene rings is 2. The molecule has 3 aromatic rings. The number of amides is 1. The van der Waals surface area contributed by atoms with Gasteiger partial charge in [0.05, 0.1) is 18.7 Å². The average molecular weight is 500 g/mol. The van der Waals surface area contributed by atoms with Gasteiger partial charge in [0.2, 0.25) is 0 Å². The van der Waals surface area contributed by atoms with Crippen molar-refractivity contribution in [2.45, 2.75) is 32.5 Å². The Labute approximate surface area is 208 Å². The zero-order chi connectivity index (χ0) is 26.1. The van der Waals surface area contributed by atoms with Gasteiger partial charge < -0.3 is 9.64 Å². The van der Waals surface area contributed by atoms with E-state index in [1.54, 1.807) is 6.21 Å². The molecule has 0 fully saturated rings. The third-order valence-electron chi connectivity index (χ3n) is 5.05. The van der Waals surface area contributed by atoms with Crippen LogP contribution in [0.3, 0.4) is 0 Å². The zero-order valence-corrected chi connectivity index (χ0v) is 20.3. The second kappa shape index (κ2) is 12.1. The molecule has 1 N–H and O–H groups in total. The number of nitrogens with one attached hydrogen (secondary N) is 1. The third kappa shape index (κ3) is 8.37.